The zero-order valence-electron chi connectivity index (χ0n) is 11.4. The molecule has 0 bridgehead atoms. The predicted octanol–water partition coefficient (Wildman–Crippen LogP) is 3.85. The molecule has 0 spiro atoms. The van der Waals surface area contributed by atoms with E-state index < -0.39 is 0 Å². The van der Waals surface area contributed by atoms with Crippen LogP contribution in [0.2, 0.25) is 0 Å². The molecule has 0 fully saturated rings. The zero-order valence-corrected chi connectivity index (χ0v) is 11.4. The highest BCUT2D eigenvalue weighted by molar-refractivity contribution is 5.77. The fraction of sp³-hybridized carbons (Fsp3) is 0.857. The maximum atomic E-state index is 11.3. The fourth-order valence-electron chi connectivity index (χ4n) is 1.81. The fourth-order valence-corrected chi connectivity index (χ4v) is 1.81. The summed E-state index contributed by atoms with van der Waals surface area (Å²) in [6.45, 7) is 2.23. The monoisotopic (exact) mass is 238 g/mol. The second-order valence-corrected chi connectivity index (χ2v) is 4.63. The molecule has 98 valence electrons. The largest absolute Gasteiger partial charge is 0.274 e. The summed E-state index contributed by atoms with van der Waals surface area (Å²) in [5.74, 6) is -0.0598. The van der Waals surface area contributed by atoms with Gasteiger partial charge in [-0.3, -0.25) is 9.69 Å². The minimum absolute atomic E-state index is 0.0598. The first-order valence-corrected chi connectivity index (χ1v) is 6.88. The van der Waals surface area contributed by atoms with Crippen molar-refractivity contribution in [2.24, 2.45) is 0 Å². The Balaban J connectivity index is 3.19. The highest BCUT2D eigenvalue weighted by atomic mass is 16.2. The normalized spacial score (nSPS) is 9.94. The molecule has 0 heterocycles. The molecular weight excluding hydrogens is 212 g/mol. The summed E-state index contributed by atoms with van der Waals surface area (Å²) in [6, 6.07) is 0. The molecule has 0 aliphatic carbocycles. The number of carbonyl (C=O) groups excluding carboxylic acids is 1. The van der Waals surface area contributed by atoms with Crippen molar-refractivity contribution >= 4 is 5.91 Å². The van der Waals surface area contributed by atoms with Crippen molar-refractivity contribution in [3.63, 3.8) is 0 Å². The number of amides is 1. The molecule has 0 radical (unpaired) electrons. The number of carbonyl (C=O) groups is 1. The van der Waals surface area contributed by atoms with Gasteiger partial charge in [0.15, 0.2) is 6.19 Å². The number of nitriles is 1. The molecule has 0 N–H and O–H groups in total. The van der Waals surface area contributed by atoms with E-state index in [1.807, 2.05) is 6.19 Å². The van der Waals surface area contributed by atoms with Crippen LogP contribution in [0.1, 0.15) is 71.1 Å². The average Bonchev–Trinajstić information content (AvgIpc) is 2.35. The van der Waals surface area contributed by atoms with Crippen LogP contribution >= 0.6 is 0 Å². The molecule has 0 saturated carbocycles. The number of hydrogen-bond acceptors (Lipinski definition) is 2. The molecule has 0 aliphatic heterocycles. The third kappa shape index (κ3) is 9.86. The van der Waals surface area contributed by atoms with Crippen molar-refractivity contribution in [3.05, 3.63) is 0 Å². The predicted molar refractivity (Wildman–Crippen MR) is 70.2 cm³/mol. The number of unbranched alkanes of at least 4 members (excludes halogenated alkanes) is 8. The lowest BCUT2D eigenvalue weighted by Crippen LogP contribution is -2.20. The maximum Gasteiger partial charge on any atom is 0.235 e. The third-order valence-electron chi connectivity index (χ3n) is 3.02. The molecule has 0 aromatic heterocycles. The van der Waals surface area contributed by atoms with E-state index in [9.17, 15) is 4.79 Å². The van der Waals surface area contributed by atoms with E-state index in [0.29, 0.717) is 6.42 Å². The van der Waals surface area contributed by atoms with Crippen LogP contribution in [0.25, 0.3) is 0 Å². The molecule has 0 unspecified atom stereocenters. The minimum atomic E-state index is -0.0598. The summed E-state index contributed by atoms with van der Waals surface area (Å²) < 4.78 is 0. The lowest BCUT2D eigenvalue weighted by molar-refractivity contribution is -0.127. The van der Waals surface area contributed by atoms with Crippen molar-refractivity contribution in [2.45, 2.75) is 71.1 Å². The first-order chi connectivity index (χ1) is 8.22. The van der Waals surface area contributed by atoms with Crippen LogP contribution < -0.4 is 0 Å². The molecule has 0 atom stereocenters. The van der Waals surface area contributed by atoms with E-state index in [0.717, 1.165) is 17.7 Å². The topological polar surface area (TPSA) is 44.1 Å². The van der Waals surface area contributed by atoms with Crippen molar-refractivity contribution in [2.75, 3.05) is 7.05 Å². The van der Waals surface area contributed by atoms with E-state index >= 15 is 0 Å². The average molecular weight is 238 g/mol. The van der Waals surface area contributed by atoms with Crippen molar-refractivity contribution < 1.29 is 4.79 Å². The van der Waals surface area contributed by atoms with Gasteiger partial charge in [0.25, 0.3) is 0 Å². The van der Waals surface area contributed by atoms with Gasteiger partial charge in [-0.15, -0.1) is 0 Å². The maximum absolute atomic E-state index is 11.3. The van der Waals surface area contributed by atoms with Gasteiger partial charge in [-0.05, 0) is 6.42 Å². The molecule has 17 heavy (non-hydrogen) atoms. The summed E-state index contributed by atoms with van der Waals surface area (Å²) in [6.07, 6.45) is 13.6. The Bertz CT molecular complexity index is 233. The molecule has 0 aromatic rings. The lowest BCUT2D eigenvalue weighted by atomic mass is 10.1. The van der Waals surface area contributed by atoms with Gasteiger partial charge in [-0.25, -0.2) is 0 Å². The van der Waals surface area contributed by atoms with E-state index in [2.05, 4.69) is 6.92 Å². The standard InChI is InChI=1S/C14H26N2O/c1-3-4-5-6-7-8-9-10-11-12-14(17)16(2)13-15/h3-12H2,1-2H3. The van der Waals surface area contributed by atoms with Crippen LogP contribution in [-0.2, 0) is 4.79 Å². The van der Waals surface area contributed by atoms with Gasteiger partial charge in [0.05, 0.1) is 0 Å². The molecule has 0 saturated heterocycles. The van der Waals surface area contributed by atoms with Gasteiger partial charge in [0, 0.05) is 13.5 Å². The molecule has 0 aromatic carbocycles. The van der Waals surface area contributed by atoms with Gasteiger partial charge in [0.2, 0.25) is 5.91 Å². The second-order valence-electron chi connectivity index (χ2n) is 4.63. The van der Waals surface area contributed by atoms with Crippen molar-refractivity contribution in [1.29, 1.82) is 5.26 Å². The summed E-state index contributed by atoms with van der Waals surface area (Å²) in [7, 11) is 1.52. The summed E-state index contributed by atoms with van der Waals surface area (Å²) in [4.78, 5) is 12.4. The number of nitrogens with zero attached hydrogens (tertiary/aromatic N) is 2. The van der Waals surface area contributed by atoms with Crippen LogP contribution in [0.3, 0.4) is 0 Å². The Labute approximate surface area is 106 Å². The number of hydrogen-bond donors (Lipinski definition) is 0. The quantitative estimate of drug-likeness (QED) is 0.329. The van der Waals surface area contributed by atoms with E-state index in [-0.39, 0.29) is 5.91 Å². The van der Waals surface area contributed by atoms with E-state index in [1.54, 1.807) is 0 Å². The SMILES string of the molecule is CCCCCCCCCCCC(=O)N(C)C#N. The highest BCUT2D eigenvalue weighted by Crippen LogP contribution is 2.10. The molecule has 0 rings (SSSR count). The van der Waals surface area contributed by atoms with Crippen LogP contribution in [0.15, 0.2) is 0 Å². The van der Waals surface area contributed by atoms with Crippen molar-refractivity contribution in [3.8, 4) is 6.19 Å². The molecule has 3 nitrogen and oxygen atoms in total. The molecule has 1 amide bonds. The van der Waals surface area contributed by atoms with Gasteiger partial charge < -0.3 is 0 Å². The molecule has 0 aliphatic rings. The van der Waals surface area contributed by atoms with E-state index in [1.165, 1.54) is 52.0 Å². The first-order valence-electron chi connectivity index (χ1n) is 6.88. The lowest BCUT2D eigenvalue weighted by Gasteiger charge is -2.06. The Morgan fingerprint density at radius 1 is 1.00 bits per heavy atom. The van der Waals surface area contributed by atoms with Crippen LogP contribution in [-0.4, -0.2) is 17.9 Å². The second kappa shape index (κ2) is 11.4. The molecule has 3 heteroatoms. The van der Waals surface area contributed by atoms with Gasteiger partial charge >= 0.3 is 0 Å². The summed E-state index contributed by atoms with van der Waals surface area (Å²) >= 11 is 0. The molecular formula is C14H26N2O. The van der Waals surface area contributed by atoms with Crippen molar-refractivity contribution in [1.82, 2.24) is 4.90 Å². The number of rotatable bonds is 10. The summed E-state index contributed by atoms with van der Waals surface area (Å²) in [5.41, 5.74) is 0. The van der Waals surface area contributed by atoms with Crippen LogP contribution in [0, 0.1) is 11.5 Å². The minimum Gasteiger partial charge on any atom is -0.274 e. The Morgan fingerprint density at radius 3 is 1.94 bits per heavy atom. The Hall–Kier alpha value is -1.04. The third-order valence-corrected chi connectivity index (χ3v) is 3.02. The Kier molecular flexibility index (Phi) is 10.7. The van der Waals surface area contributed by atoms with Gasteiger partial charge in [-0.1, -0.05) is 58.3 Å². The Morgan fingerprint density at radius 2 is 1.47 bits per heavy atom. The van der Waals surface area contributed by atoms with E-state index in [4.69, 9.17) is 5.26 Å². The van der Waals surface area contributed by atoms with Gasteiger partial charge in [-0.2, -0.15) is 5.26 Å². The van der Waals surface area contributed by atoms with Crippen LogP contribution in [0.4, 0.5) is 0 Å². The first kappa shape index (κ1) is 16.0. The van der Waals surface area contributed by atoms with Gasteiger partial charge in [0.1, 0.15) is 0 Å². The zero-order chi connectivity index (χ0) is 12.9. The summed E-state index contributed by atoms with van der Waals surface area (Å²) in [5, 5.41) is 8.50. The highest BCUT2D eigenvalue weighted by Gasteiger charge is 2.05. The van der Waals surface area contributed by atoms with Crippen LogP contribution in [0.5, 0.6) is 0 Å². The smallest absolute Gasteiger partial charge is 0.235 e.